The van der Waals surface area contributed by atoms with Crippen LogP contribution in [0.1, 0.15) is 51.8 Å². The first kappa shape index (κ1) is 26.6. The van der Waals surface area contributed by atoms with Crippen molar-refractivity contribution in [1.29, 1.82) is 0 Å². The number of esters is 1. The highest BCUT2D eigenvalue weighted by atomic mass is 16.6. The SMILES string of the molecule is C.C=C(C)C(=O)OCCc1ccc(Nc2ccc(O)c3c2C(=O)c2c([N+](=O)[O-])ccc(O)c2C3=O)cc1. The Morgan fingerprint density at radius 1 is 0.946 bits per heavy atom. The molecule has 10 heteroatoms. The lowest BCUT2D eigenvalue weighted by Crippen LogP contribution is -2.23. The third-order valence-corrected chi connectivity index (χ3v) is 5.65. The second kappa shape index (κ2) is 10.3. The van der Waals surface area contributed by atoms with Gasteiger partial charge in [0.1, 0.15) is 17.1 Å². The molecule has 0 radical (unpaired) electrons. The molecule has 37 heavy (non-hydrogen) atoms. The second-order valence-electron chi connectivity index (χ2n) is 8.14. The van der Waals surface area contributed by atoms with E-state index in [0.29, 0.717) is 17.7 Å². The summed E-state index contributed by atoms with van der Waals surface area (Å²) >= 11 is 0. The van der Waals surface area contributed by atoms with Gasteiger partial charge in [0.2, 0.25) is 11.6 Å². The van der Waals surface area contributed by atoms with E-state index in [1.807, 2.05) is 0 Å². The zero-order chi connectivity index (χ0) is 26.1. The predicted octanol–water partition coefficient (Wildman–Crippen LogP) is 4.82. The number of phenolic OH excluding ortho intramolecular Hbond substituents is 2. The highest BCUT2D eigenvalue weighted by Gasteiger charge is 2.40. The Kier molecular flexibility index (Phi) is 7.43. The number of nitro groups is 1. The standard InChI is InChI=1S/C26H20N2O8.CH4/c1-13(2)26(33)36-12-11-14-3-5-15(6-4-14)27-16-7-9-18(29)22-20(16)24(31)21-17(28(34)35)8-10-19(30)23(21)25(22)32;/h3-10,27,29-30H,1,11-12H2,2H3;1H4. The van der Waals surface area contributed by atoms with Gasteiger partial charge in [0, 0.05) is 23.7 Å². The molecule has 3 aromatic rings. The van der Waals surface area contributed by atoms with Crippen LogP contribution in [0.4, 0.5) is 17.1 Å². The quantitative estimate of drug-likeness (QED) is 0.105. The molecular weight excluding hydrogens is 480 g/mol. The van der Waals surface area contributed by atoms with Crippen molar-refractivity contribution in [1.82, 2.24) is 0 Å². The number of nitrogens with one attached hydrogen (secondary N) is 1. The lowest BCUT2D eigenvalue weighted by atomic mass is 9.81. The molecule has 0 spiro atoms. The zero-order valence-electron chi connectivity index (χ0n) is 19.0. The molecule has 1 aliphatic carbocycles. The van der Waals surface area contributed by atoms with Crippen LogP contribution < -0.4 is 5.32 Å². The number of aromatic hydroxyl groups is 2. The van der Waals surface area contributed by atoms with Crippen LogP contribution in [0.3, 0.4) is 0 Å². The summed E-state index contributed by atoms with van der Waals surface area (Å²) in [6, 6.07) is 11.5. The molecule has 0 aliphatic heterocycles. The lowest BCUT2D eigenvalue weighted by molar-refractivity contribution is -0.385. The first-order valence-corrected chi connectivity index (χ1v) is 10.7. The van der Waals surface area contributed by atoms with Crippen molar-refractivity contribution < 1.29 is 34.3 Å². The maximum absolute atomic E-state index is 13.4. The fourth-order valence-corrected chi connectivity index (χ4v) is 3.90. The summed E-state index contributed by atoms with van der Waals surface area (Å²) in [6.07, 6.45) is 0.463. The van der Waals surface area contributed by atoms with E-state index in [9.17, 15) is 34.7 Å². The van der Waals surface area contributed by atoms with Crippen molar-refractivity contribution in [2.24, 2.45) is 0 Å². The van der Waals surface area contributed by atoms with Crippen molar-refractivity contribution in [2.75, 3.05) is 11.9 Å². The number of nitro benzene ring substituents is 1. The number of carbonyl (C=O) groups is 3. The number of hydrogen-bond donors (Lipinski definition) is 3. The molecule has 4 rings (SSSR count). The number of ketones is 2. The number of ether oxygens (including phenoxy) is 1. The molecule has 0 unspecified atom stereocenters. The molecule has 3 aromatic carbocycles. The number of anilines is 2. The first-order valence-electron chi connectivity index (χ1n) is 10.7. The average molecular weight is 504 g/mol. The van der Waals surface area contributed by atoms with Gasteiger partial charge in [0.15, 0.2) is 0 Å². The molecule has 3 N–H and O–H groups in total. The molecule has 0 aromatic heterocycles. The van der Waals surface area contributed by atoms with Gasteiger partial charge >= 0.3 is 5.97 Å². The molecule has 0 saturated carbocycles. The van der Waals surface area contributed by atoms with Crippen LogP contribution in [-0.4, -0.2) is 39.3 Å². The fourth-order valence-electron chi connectivity index (χ4n) is 3.90. The van der Waals surface area contributed by atoms with E-state index in [2.05, 4.69) is 11.9 Å². The van der Waals surface area contributed by atoms with E-state index in [4.69, 9.17) is 4.74 Å². The maximum Gasteiger partial charge on any atom is 0.333 e. The van der Waals surface area contributed by atoms with Crippen LogP contribution in [0, 0.1) is 10.1 Å². The van der Waals surface area contributed by atoms with Crippen LogP contribution in [0.15, 0.2) is 60.7 Å². The molecule has 0 amide bonds. The predicted molar refractivity (Wildman–Crippen MR) is 136 cm³/mol. The van der Waals surface area contributed by atoms with E-state index >= 15 is 0 Å². The third kappa shape index (κ3) is 4.90. The number of phenols is 2. The topological polar surface area (TPSA) is 156 Å². The van der Waals surface area contributed by atoms with Crippen molar-refractivity contribution in [2.45, 2.75) is 20.8 Å². The van der Waals surface area contributed by atoms with Crippen LogP contribution in [0.5, 0.6) is 11.5 Å². The van der Waals surface area contributed by atoms with E-state index < -0.39 is 50.8 Å². The Balaban J connectivity index is 0.00000380. The molecular formula is C27H24N2O8. The summed E-state index contributed by atoms with van der Waals surface area (Å²) < 4.78 is 5.08. The number of fused-ring (bicyclic) bond motifs is 2. The number of hydrogen-bond acceptors (Lipinski definition) is 9. The van der Waals surface area contributed by atoms with Crippen LogP contribution >= 0.6 is 0 Å². The number of benzene rings is 3. The molecule has 0 fully saturated rings. The number of rotatable bonds is 7. The first-order chi connectivity index (χ1) is 17.1. The third-order valence-electron chi connectivity index (χ3n) is 5.65. The minimum absolute atomic E-state index is 0. The van der Waals surface area contributed by atoms with Crippen LogP contribution in [0.2, 0.25) is 0 Å². The Morgan fingerprint density at radius 2 is 1.51 bits per heavy atom. The summed E-state index contributed by atoms with van der Waals surface area (Å²) in [5.41, 5.74) is -0.428. The summed E-state index contributed by atoms with van der Waals surface area (Å²) in [7, 11) is 0. The van der Waals surface area contributed by atoms with Crippen LogP contribution in [-0.2, 0) is 16.0 Å². The molecule has 10 nitrogen and oxygen atoms in total. The van der Waals surface area contributed by atoms with E-state index in [-0.39, 0.29) is 30.8 Å². The highest BCUT2D eigenvalue weighted by molar-refractivity contribution is 6.33. The molecule has 1 aliphatic rings. The largest absolute Gasteiger partial charge is 0.507 e. The fraction of sp³-hybridized carbons (Fsp3) is 0.148. The lowest BCUT2D eigenvalue weighted by Gasteiger charge is -2.22. The van der Waals surface area contributed by atoms with Crippen molar-refractivity contribution in [3.05, 3.63) is 98.6 Å². The Hall–Kier alpha value is -4.99. The van der Waals surface area contributed by atoms with Gasteiger partial charge < -0.3 is 20.3 Å². The Morgan fingerprint density at radius 3 is 2.11 bits per heavy atom. The maximum atomic E-state index is 13.4. The summed E-state index contributed by atoms with van der Waals surface area (Å²) in [4.78, 5) is 48.8. The van der Waals surface area contributed by atoms with E-state index in [1.54, 1.807) is 31.2 Å². The average Bonchev–Trinajstić information content (AvgIpc) is 2.84. The van der Waals surface area contributed by atoms with Gasteiger partial charge in [-0.25, -0.2) is 4.79 Å². The summed E-state index contributed by atoms with van der Waals surface area (Å²) in [6.45, 7) is 5.25. The van der Waals surface area contributed by atoms with Gasteiger partial charge in [0.25, 0.3) is 5.69 Å². The normalized spacial score (nSPS) is 11.6. The molecule has 0 heterocycles. The minimum atomic E-state index is -0.901. The molecule has 0 bridgehead atoms. The van der Waals surface area contributed by atoms with Crippen molar-refractivity contribution in [3.8, 4) is 11.5 Å². The summed E-state index contributed by atoms with van der Waals surface area (Å²) in [5, 5.41) is 35.1. The van der Waals surface area contributed by atoms with Gasteiger partial charge in [-0.2, -0.15) is 0 Å². The van der Waals surface area contributed by atoms with Gasteiger partial charge in [-0.3, -0.25) is 19.7 Å². The molecule has 0 saturated heterocycles. The Bertz CT molecular complexity index is 1460. The van der Waals surface area contributed by atoms with E-state index in [1.165, 1.54) is 12.1 Å². The van der Waals surface area contributed by atoms with Gasteiger partial charge in [-0.05, 0) is 42.8 Å². The summed E-state index contributed by atoms with van der Waals surface area (Å²) in [5.74, 6) is -3.34. The zero-order valence-corrected chi connectivity index (χ0v) is 19.0. The van der Waals surface area contributed by atoms with Gasteiger partial charge in [0.05, 0.1) is 33.9 Å². The number of carbonyl (C=O) groups excluding carboxylic acids is 3. The second-order valence-corrected chi connectivity index (χ2v) is 8.14. The van der Waals surface area contributed by atoms with Gasteiger partial charge in [-0.15, -0.1) is 0 Å². The smallest absolute Gasteiger partial charge is 0.333 e. The van der Waals surface area contributed by atoms with Crippen molar-refractivity contribution >= 4 is 34.6 Å². The molecule has 190 valence electrons. The monoisotopic (exact) mass is 504 g/mol. The van der Waals surface area contributed by atoms with E-state index in [0.717, 1.165) is 17.7 Å². The van der Waals surface area contributed by atoms with Crippen LogP contribution in [0.25, 0.3) is 0 Å². The minimum Gasteiger partial charge on any atom is -0.507 e. The Labute approximate surface area is 212 Å². The highest BCUT2D eigenvalue weighted by Crippen LogP contribution is 2.43. The number of nitrogens with zero attached hydrogens (tertiary/aromatic N) is 1. The van der Waals surface area contributed by atoms with Gasteiger partial charge in [-0.1, -0.05) is 26.1 Å². The van der Waals surface area contributed by atoms with Crippen molar-refractivity contribution in [3.63, 3.8) is 0 Å². The molecule has 0 atom stereocenters.